The van der Waals surface area contributed by atoms with Gasteiger partial charge in [-0.2, -0.15) is 0 Å². The van der Waals surface area contributed by atoms with Gasteiger partial charge in [-0.15, -0.1) is 0 Å². The van der Waals surface area contributed by atoms with Gasteiger partial charge in [-0.25, -0.2) is 0 Å². The third-order valence-corrected chi connectivity index (χ3v) is 2.94. The summed E-state index contributed by atoms with van der Waals surface area (Å²) in [6.07, 6.45) is 0.853. The number of amides is 1. The second-order valence-corrected chi connectivity index (χ2v) is 5.16. The Morgan fingerprint density at radius 1 is 1.22 bits per heavy atom. The molecule has 1 aromatic carbocycles. The second-order valence-electron chi connectivity index (χ2n) is 5.16. The van der Waals surface area contributed by atoms with Crippen molar-refractivity contribution in [2.24, 2.45) is 5.92 Å². The predicted octanol–water partition coefficient (Wildman–Crippen LogP) is 2.25. The molecule has 0 aliphatic rings. The van der Waals surface area contributed by atoms with Gasteiger partial charge in [0, 0.05) is 13.6 Å². The Kier molecular flexibility index (Phi) is 5.86. The number of hydrogen-bond donors (Lipinski definition) is 2. The van der Waals surface area contributed by atoms with Gasteiger partial charge in [0.15, 0.2) is 0 Å². The minimum Gasteiger partial charge on any atom is -0.358 e. The van der Waals surface area contributed by atoms with Crippen LogP contribution >= 0.6 is 0 Å². The third-order valence-electron chi connectivity index (χ3n) is 2.94. The van der Waals surface area contributed by atoms with Gasteiger partial charge in [0.05, 0.1) is 6.04 Å². The Labute approximate surface area is 110 Å². The summed E-state index contributed by atoms with van der Waals surface area (Å²) in [6, 6.07) is 8.26. The van der Waals surface area contributed by atoms with Crippen LogP contribution in [0.3, 0.4) is 0 Å². The molecule has 100 valence electrons. The average Bonchev–Trinajstić information content (AvgIpc) is 2.35. The second kappa shape index (κ2) is 7.17. The lowest BCUT2D eigenvalue weighted by Crippen LogP contribution is -2.43. The Morgan fingerprint density at radius 2 is 1.83 bits per heavy atom. The smallest absolute Gasteiger partial charge is 0.236 e. The van der Waals surface area contributed by atoms with Gasteiger partial charge in [-0.1, -0.05) is 43.7 Å². The highest BCUT2D eigenvalue weighted by Gasteiger charge is 2.17. The first kappa shape index (κ1) is 14.7. The van der Waals surface area contributed by atoms with Crippen LogP contribution in [-0.4, -0.2) is 19.0 Å². The van der Waals surface area contributed by atoms with Crippen LogP contribution in [0.5, 0.6) is 0 Å². The molecule has 0 saturated heterocycles. The maximum absolute atomic E-state index is 11.7. The molecule has 1 amide bonds. The summed E-state index contributed by atoms with van der Waals surface area (Å²) in [5.74, 6) is 0.564. The van der Waals surface area contributed by atoms with Gasteiger partial charge >= 0.3 is 0 Å². The first-order valence-corrected chi connectivity index (χ1v) is 6.53. The van der Waals surface area contributed by atoms with Crippen LogP contribution in [0.25, 0.3) is 0 Å². The topological polar surface area (TPSA) is 41.1 Å². The van der Waals surface area contributed by atoms with Crippen LogP contribution in [0.1, 0.15) is 31.4 Å². The number of benzene rings is 1. The summed E-state index contributed by atoms with van der Waals surface area (Å²) >= 11 is 0. The molecule has 0 aliphatic carbocycles. The van der Waals surface area contributed by atoms with Crippen LogP contribution in [-0.2, 0) is 11.3 Å². The van der Waals surface area contributed by atoms with Crippen LogP contribution in [0, 0.1) is 12.8 Å². The van der Waals surface area contributed by atoms with Crippen molar-refractivity contribution in [3.8, 4) is 0 Å². The molecule has 2 N–H and O–H groups in total. The number of aryl methyl sites for hydroxylation is 1. The fraction of sp³-hybridized carbons (Fsp3) is 0.533. The zero-order chi connectivity index (χ0) is 13.5. The van der Waals surface area contributed by atoms with E-state index in [0.29, 0.717) is 5.92 Å². The van der Waals surface area contributed by atoms with Gasteiger partial charge in [0.1, 0.15) is 0 Å². The SMILES string of the molecule is CNC(=O)C(CC(C)C)NCc1ccc(C)cc1. The molecule has 0 fully saturated rings. The fourth-order valence-electron chi connectivity index (χ4n) is 1.88. The number of carbonyl (C=O) groups excluding carboxylic acids is 1. The molecule has 1 rings (SSSR count). The van der Waals surface area contributed by atoms with Gasteiger partial charge in [-0.3, -0.25) is 4.79 Å². The van der Waals surface area contributed by atoms with Crippen molar-refractivity contribution < 1.29 is 4.79 Å². The molecule has 0 saturated carbocycles. The molecular formula is C15H24N2O. The van der Waals surface area contributed by atoms with Gasteiger partial charge in [0.25, 0.3) is 0 Å². The molecule has 1 atom stereocenters. The van der Waals surface area contributed by atoms with E-state index in [1.165, 1.54) is 11.1 Å². The Bertz CT molecular complexity index is 371. The molecule has 1 aromatic rings. The van der Waals surface area contributed by atoms with Crippen molar-refractivity contribution in [2.75, 3.05) is 7.05 Å². The van der Waals surface area contributed by atoms with E-state index in [0.717, 1.165) is 13.0 Å². The first-order valence-electron chi connectivity index (χ1n) is 6.53. The summed E-state index contributed by atoms with van der Waals surface area (Å²) in [5.41, 5.74) is 2.46. The predicted molar refractivity (Wildman–Crippen MR) is 75.3 cm³/mol. The van der Waals surface area contributed by atoms with E-state index in [4.69, 9.17) is 0 Å². The third kappa shape index (κ3) is 4.88. The molecular weight excluding hydrogens is 224 g/mol. The Balaban J connectivity index is 2.55. The molecule has 0 aromatic heterocycles. The van der Waals surface area contributed by atoms with Crippen LogP contribution in [0.15, 0.2) is 24.3 Å². The monoisotopic (exact) mass is 248 g/mol. The van der Waals surface area contributed by atoms with E-state index < -0.39 is 0 Å². The summed E-state index contributed by atoms with van der Waals surface area (Å²) in [6.45, 7) is 7.06. The number of carbonyl (C=O) groups is 1. The minimum atomic E-state index is -0.115. The zero-order valence-corrected chi connectivity index (χ0v) is 11.8. The quantitative estimate of drug-likeness (QED) is 0.810. The van der Waals surface area contributed by atoms with E-state index >= 15 is 0 Å². The maximum Gasteiger partial charge on any atom is 0.236 e. The standard InChI is InChI=1S/C15H24N2O/c1-11(2)9-14(15(18)16-4)17-10-13-7-5-12(3)6-8-13/h5-8,11,14,17H,9-10H2,1-4H3,(H,16,18). The van der Waals surface area contributed by atoms with Crippen LogP contribution < -0.4 is 10.6 Å². The fourth-order valence-corrected chi connectivity index (χ4v) is 1.88. The largest absolute Gasteiger partial charge is 0.358 e. The Morgan fingerprint density at radius 3 is 2.33 bits per heavy atom. The van der Waals surface area contributed by atoms with Gasteiger partial charge in [-0.05, 0) is 24.8 Å². The normalized spacial score (nSPS) is 12.5. The minimum absolute atomic E-state index is 0.0656. The maximum atomic E-state index is 11.7. The van der Waals surface area contributed by atoms with E-state index in [2.05, 4.69) is 55.7 Å². The van der Waals surface area contributed by atoms with E-state index in [1.807, 2.05) is 0 Å². The first-order chi connectivity index (χ1) is 8.52. The molecule has 1 unspecified atom stereocenters. The van der Waals surface area contributed by atoms with Gasteiger partial charge < -0.3 is 10.6 Å². The molecule has 0 spiro atoms. The van der Waals surface area contributed by atoms with Crippen molar-refractivity contribution >= 4 is 5.91 Å². The number of nitrogens with one attached hydrogen (secondary N) is 2. The molecule has 0 radical (unpaired) electrons. The summed E-state index contributed by atoms with van der Waals surface area (Å²) in [4.78, 5) is 11.7. The van der Waals surface area contributed by atoms with E-state index in [-0.39, 0.29) is 11.9 Å². The highest BCUT2D eigenvalue weighted by molar-refractivity contribution is 5.81. The zero-order valence-electron chi connectivity index (χ0n) is 11.8. The number of hydrogen-bond acceptors (Lipinski definition) is 2. The van der Waals surface area contributed by atoms with Crippen molar-refractivity contribution in [2.45, 2.75) is 39.8 Å². The van der Waals surface area contributed by atoms with E-state index in [9.17, 15) is 4.79 Å². The summed E-state index contributed by atoms with van der Waals surface area (Å²) in [5, 5.41) is 6.04. The highest BCUT2D eigenvalue weighted by Crippen LogP contribution is 2.07. The lowest BCUT2D eigenvalue weighted by Gasteiger charge is -2.19. The number of rotatable bonds is 6. The molecule has 3 heteroatoms. The molecule has 0 heterocycles. The van der Waals surface area contributed by atoms with Crippen molar-refractivity contribution in [1.82, 2.24) is 10.6 Å². The summed E-state index contributed by atoms with van der Waals surface area (Å²) < 4.78 is 0. The van der Waals surface area contributed by atoms with E-state index in [1.54, 1.807) is 7.05 Å². The molecule has 0 aliphatic heterocycles. The number of likely N-dealkylation sites (N-methyl/N-ethyl adjacent to an activating group) is 1. The van der Waals surface area contributed by atoms with Crippen molar-refractivity contribution in [3.63, 3.8) is 0 Å². The van der Waals surface area contributed by atoms with Crippen molar-refractivity contribution in [1.29, 1.82) is 0 Å². The molecule has 0 bridgehead atoms. The van der Waals surface area contributed by atoms with Crippen LogP contribution in [0.2, 0.25) is 0 Å². The summed E-state index contributed by atoms with van der Waals surface area (Å²) in [7, 11) is 1.68. The Hall–Kier alpha value is -1.35. The average molecular weight is 248 g/mol. The van der Waals surface area contributed by atoms with Crippen LogP contribution in [0.4, 0.5) is 0 Å². The molecule has 3 nitrogen and oxygen atoms in total. The molecule has 18 heavy (non-hydrogen) atoms. The van der Waals surface area contributed by atoms with Gasteiger partial charge in [0.2, 0.25) is 5.91 Å². The lowest BCUT2D eigenvalue weighted by molar-refractivity contribution is -0.123. The highest BCUT2D eigenvalue weighted by atomic mass is 16.2. The lowest BCUT2D eigenvalue weighted by atomic mass is 10.0. The van der Waals surface area contributed by atoms with Crippen molar-refractivity contribution in [3.05, 3.63) is 35.4 Å².